The fraction of sp³-hybridized carbons (Fsp3) is 0. The summed E-state index contributed by atoms with van der Waals surface area (Å²) in [5.41, 5.74) is 0. The van der Waals surface area contributed by atoms with Crippen molar-refractivity contribution in [3.05, 3.63) is 133 Å². The van der Waals surface area contributed by atoms with Gasteiger partial charge in [-0.1, -0.05) is 0 Å². The van der Waals surface area contributed by atoms with Crippen LogP contribution in [0.4, 0.5) is 0 Å². The van der Waals surface area contributed by atoms with Crippen LogP contribution in [0.1, 0.15) is 0 Å². The van der Waals surface area contributed by atoms with E-state index in [2.05, 4.69) is 0 Å². The molecule has 0 amide bonds. The lowest BCUT2D eigenvalue weighted by Crippen LogP contribution is -1.96. The number of ether oxygens (including phenoxy) is 13. The van der Waals surface area contributed by atoms with Crippen LogP contribution in [-0.4, -0.2) is 184 Å². The zero-order valence-corrected chi connectivity index (χ0v) is 65.1. The average molecular weight is 1850 g/mol. The second kappa shape index (κ2) is 33.7. The predicted octanol–water partition coefficient (Wildman–Crippen LogP) is 14.4. The summed E-state index contributed by atoms with van der Waals surface area (Å²) < 4.78 is 72.4. The maximum Gasteiger partial charge on any atom is 0.215 e. The molecule has 0 atom stereocenters. The highest BCUT2D eigenvalue weighted by Crippen LogP contribution is 2.64. The molecular weight excluding hydrogens is 1790 g/mol. The zero-order valence-electron chi connectivity index (χ0n) is 65.1. The van der Waals surface area contributed by atoms with Gasteiger partial charge in [-0.2, -0.15) is 0 Å². The molecule has 14 rings (SSSR count). The summed E-state index contributed by atoms with van der Waals surface area (Å²) in [6.07, 6.45) is 0. The maximum atomic E-state index is 11.4. The molecule has 0 aromatic heterocycles. The Labute approximate surface area is 732 Å². The van der Waals surface area contributed by atoms with Gasteiger partial charge in [-0.3, -0.25) is 0 Å². The van der Waals surface area contributed by atoms with Gasteiger partial charge in [0.05, 0.1) is 0 Å². The van der Waals surface area contributed by atoms with Crippen LogP contribution in [-0.2, 0) is 0 Å². The molecule has 0 heterocycles. The average Bonchev–Trinajstić information content (AvgIpc) is 0.785. The van der Waals surface area contributed by atoms with E-state index < -0.39 is 356 Å². The third kappa shape index (κ3) is 17.0. The van der Waals surface area contributed by atoms with E-state index in [1.165, 1.54) is 0 Å². The van der Waals surface area contributed by atoms with Crippen LogP contribution in [0, 0.1) is 0 Å². The Hall–Kier alpha value is -20.7. The van der Waals surface area contributed by atoms with Crippen LogP contribution in [0.3, 0.4) is 0 Å². The first-order valence-electron chi connectivity index (χ1n) is 36.1. The molecule has 133 heavy (non-hydrogen) atoms. The fourth-order valence-electron chi connectivity index (χ4n) is 11.9. The molecule has 0 aliphatic rings. The summed E-state index contributed by atoms with van der Waals surface area (Å²) in [5, 5.41) is 387. The fourth-order valence-corrected chi connectivity index (χ4v) is 11.9. The summed E-state index contributed by atoms with van der Waals surface area (Å²) in [7, 11) is 0. The van der Waals surface area contributed by atoms with Crippen LogP contribution in [0.5, 0.6) is 356 Å². The molecule has 0 saturated carbocycles. The first-order valence-corrected chi connectivity index (χ1v) is 36.1. The van der Waals surface area contributed by atoms with E-state index in [1.807, 2.05) is 0 Å². The largest absolute Gasteiger partial charge is 0.508 e. The van der Waals surface area contributed by atoms with Crippen molar-refractivity contribution in [1.29, 1.82) is 0 Å². The molecule has 0 spiro atoms. The van der Waals surface area contributed by atoms with Crippen molar-refractivity contribution in [3.63, 3.8) is 0 Å². The van der Waals surface area contributed by atoms with Crippen molar-refractivity contribution in [2.75, 3.05) is 0 Å². The van der Waals surface area contributed by atoms with Gasteiger partial charge in [0.25, 0.3) is 0 Å². The van der Waals surface area contributed by atoms with E-state index in [1.54, 1.807) is 0 Å². The van der Waals surface area contributed by atoms with Crippen molar-refractivity contribution < 1.29 is 245 Å². The summed E-state index contributed by atoms with van der Waals surface area (Å²) in [6, 6.07) is 13.9. The summed E-state index contributed by atoms with van der Waals surface area (Å²) in [4.78, 5) is 0. The summed E-state index contributed by atoms with van der Waals surface area (Å²) in [6.45, 7) is 0. The molecule has 0 saturated heterocycles. The molecule has 0 aliphatic heterocycles. The topological polar surface area (TPSA) is 848 Å². The minimum atomic E-state index is -1.41. The maximum absolute atomic E-state index is 11.4. The van der Waals surface area contributed by atoms with Crippen LogP contribution >= 0.6 is 0 Å². The summed E-state index contributed by atoms with van der Waals surface area (Å²) >= 11 is 0. The van der Waals surface area contributed by atoms with Crippen molar-refractivity contribution in [2.24, 2.45) is 0 Å². The number of phenolic OH excluding ortho intramolecular Hbond substituents is 36. The highest BCUT2D eigenvalue weighted by atomic mass is 16.6. The van der Waals surface area contributed by atoms with Crippen LogP contribution in [0.25, 0.3) is 0 Å². The van der Waals surface area contributed by atoms with Gasteiger partial charge in [0.1, 0.15) is 46.0 Å². The minimum absolute atomic E-state index is 0.465. The number of aromatic hydroxyl groups is 36. The number of hydrogen-bond donors (Lipinski definition) is 36. The second-order valence-corrected chi connectivity index (χ2v) is 27.2. The standard InChI is InChI=1S/C84H58O49/c85-23-1-39(94)72(40(95)2-23)121-25-5-41(96)73(42(97)6-25)129-54-18-34(89)61(110)67(116)80(54)123-27-9-45(100)75(46(101)10-27)131-56-20-36(91)63(112)69(118)82(56)125-29-13-49(104)77(50(105)14-29)133-58-22-38(93)65(114)71(120)84(58)127-30-15-51(106)78(52(107)16-30)132-57-21-37(92)64(113)70(119)83(57)126-28-11-47(102)76(48(103)12-28)130-55-19-35(90)62(111)68(117)81(55)124-26-7-43(98)74(44(99)8-26)128-53-17-33(88)60(109)66(115)79(53)122-24-3-31(86)59(108)32(87)4-24/h1-22,85-120H. The Kier molecular flexibility index (Phi) is 22.5. The number of phenols is 36. The molecule has 0 unspecified atom stereocenters. The Morgan fingerprint density at radius 2 is 0.211 bits per heavy atom. The highest BCUT2D eigenvalue weighted by Gasteiger charge is 2.35. The van der Waals surface area contributed by atoms with E-state index in [4.69, 9.17) is 61.6 Å². The second-order valence-electron chi connectivity index (χ2n) is 27.2. The molecule has 49 heteroatoms. The molecule has 14 aromatic carbocycles. The molecule has 0 radical (unpaired) electrons. The third-order valence-electron chi connectivity index (χ3n) is 18.1. The SMILES string of the molecule is Oc1cc(O)c(Oc2cc(O)c(Oc3cc(O)c(O)c(O)c3Oc3cc(O)c(Oc4cc(O)c(O)c(O)c4Oc4cc(O)c(Oc5cc(O)c(O)c(O)c5Oc5cc(O)c(Oc6cc(O)c(O)c(O)c6Oc6cc(O)c(Oc7cc(O)c(O)c(O)c7Oc7cc(O)c(Oc8cc(O)c(O)c(O)c8Oc8cc(O)c(O)c(O)c8)c(O)c7)c(O)c6)c(O)c5)c(O)c4)c(O)c3)c(O)c2)c(O)c1. The van der Waals surface area contributed by atoms with Crippen molar-refractivity contribution in [3.8, 4) is 356 Å². The van der Waals surface area contributed by atoms with E-state index >= 15 is 0 Å². The van der Waals surface area contributed by atoms with E-state index in [0.717, 1.165) is 36.4 Å². The smallest absolute Gasteiger partial charge is 0.215 e. The lowest BCUT2D eigenvalue weighted by molar-refractivity contribution is 0.316. The normalized spacial score (nSPS) is 11.0. The van der Waals surface area contributed by atoms with Gasteiger partial charge in [-0.05, 0) is 0 Å². The minimum Gasteiger partial charge on any atom is -0.508 e. The monoisotopic (exact) mass is 1850 g/mol. The number of hydrogen-bond acceptors (Lipinski definition) is 49. The molecule has 0 fully saturated rings. The van der Waals surface area contributed by atoms with Gasteiger partial charge in [-0.25, -0.2) is 0 Å². The van der Waals surface area contributed by atoms with Crippen LogP contribution < -0.4 is 61.6 Å². The summed E-state index contributed by atoms with van der Waals surface area (Å²) in [5.74, 6) is -64.3. The van der Waals surface area contributed by atoms with Crippen LogP contribution in [0.2, 0.25) is 0 Å². The van der Waals surface area contributed by atoms with Gasteiger partial charge in [0, 0.05) is 133 Å². The molecule has 14 aromatic rings. The van der Waals surface area contributed by atoms with Gasteiger partial charge >= 0.3 is 0 Å². The first kappa shape index (κ1) is 88.6. The highest BCUT2D eigenvalue weighted by molar-refractivity contribution is 5.76. The van der Waals surface area contributed by atoms with Gasteiger partial charge in [-0.15, -0.1) is 0 Å². The van der Waals surface area contributed by atoms with Crippen molar-refractivity contribution in [2.45, 2.75) is 0 Å². The Morgan fingerprint density at radius 3 is 0.361 bits per heavy atom. The van der Waals surface area contributed by atoms with Gasteiger partial charge < -0.3 is 245 Å². The number of rotatable bonds is 26. The van der Waals surface area contributed by atoms with Gasteiger partial charge in [0.15, 0.2) is 161 Å². The lowest BCUT2D eigenvalue weighted by atomic mass is 10.2. The molecule has 36 N–H and O–H groups in total. The molecule has 49 nitrogen and oxygen atoms in total. The molecule has 688 valence electrons. The lowest BCUT2D eigenvalue weighted by Gasteiger charge is -2.19. The van der Waals surface area contributed by atoms with E-state index in [9.17, 15) is 184 Å². The Balaban J connectivity index is 0.672. The van der Waals surface area contributed by atoms with Crippen LogP contribution in [0.15, 0.2) is 133 Å². The quantitative estimate of drug-likeness (QED) is 0.0224. The van der Waals surface area contributed by atoms with E-state index in [-0.39, 0.29) is 0 Å². The molecule has 0 bridgehead atoms. The Bertz CT molecular complexity index is 6870. The third-order valence-corrected chi connectivity index (χ3v) is 18.1. The van der Waals surface area contributed by atoms with Crippen molar-refractivity contribution in [1.82, 2.24) is 0 Å². The molecule has 0 aliphatic carbocycles. The predicted molar refractivity (Wildman–Crippen MR) is 431 cm³/mol. The van der Waals surface area contributed by atoms with Crippen molar-refractivity contribution >= 4 is 0 Å². The Morgan fingerprint density at radius 1 is 0.0977 bits per heavy atom. The van der Waals surface area contributed by atoms with E-state index in [0.29, 0.717) is 97.1 Å². The number of benzene rings is 14. The zero-order chi connectivity index (χ0) is 96.5. The molecular formula is C84H58O49. The first-order chi connectivity index (χ1) is 62.7. The van der Waals surface area contributed by atoms with Gasteiger partial charge in [0.2, 0.25) is 149 Å².